The molecule has 0 spiro atoms. The van der Waals surface area contributed by atoms with Crippen LogP contribution in [0.1, 0.15) is 62.5 Å². The van der Waals surface area contributed by atoms with E-state index >= 15 is 0 Å². The van der Waals surface area contributed by atoms with Crippen LogP contribution in [-0.4, -0.2) is 86.7 Å². The van der Waals surface area contributed by atoms with E-state index in [1.165, 1.54) is 14.2 Å². The molecule has 0 amide bonds. The molecule has 14 heteroatoms. The van der Waals surface area contributed by atoms with Crippen LogP contribution in [0.15, 0.2) is 48.5 Å². The topological polar surface area (TPSA) is 198 Å². The Kier molecular flexibility index (Phi) is 13.3. The summed E-state index contributed by atoms with van der Waals surface area (Å²) in [4.78, 5) is 70.9. The van der Waals surface area contributed by atoms with Crippen molar-refractivity contribution in [1.82, 2.24) is 0 Å². The Bertz CT molecular complexity index is 1720. The van der Waals surface area contributed by atoms with Gasteiger partial charge in [0.05, 0.1) is 39.9 Å². The van der Waals surface area contributed by atoms with Gasteiger partial charge in [-0.25, -0.2) is 0 Å². The van der Waals surface area contributed by atoms with Gasteiger partial charge in [-0.2, -0.15) is 0 Å². The van der Waals surface area contributed by atoms with E-state index in [1.54, 1.807) is 0 Å². The van der Waals surface area contributed by atoms with Gasteiger partial charge in [-0.05, 0) is 70.1 Å². The Balaban J connectivity index is 1.57. The minimum absolute atomic E-state index is 0.0750. The van der Waals surface area contributed by atoms with Gasteiger partial charge in [0.2, 0.25) is 0 Å². The maximum absolute atomic E-state index is 13.1. The van der Waals surface area contributed by atoms with E-state index < -0.39 is 41.2 Å². The van der Waals surface area contributed by atoms with Crippen LogP contribution in [-0.2, 0) is 53.1 Å². The molecule has 14 nitrogen and oxygen atoms in total. The maximum Gasteiger partial charge on any atom is 0.306 e. The minimum atomic E-state index is -1.13. The van der Waals surface area contributed by atoms with Crippen LogP contribution < -0.4 is 9.47 Å². The van der Waals surface area contributed by atoms with Crippen molar-refractivity contribution in [2.24, 2.45) is 0 Å². The molecule has 2 N–H and O–H groups in total. The van der Waals surface area contributed by atoms with Gasteiger partial charge in [-0.15, -0.1) is 0 Å². The lowest BCUT2D eigenvalue weighted by Crippen LogP contribution is -2.28. The van der Waals surface area contributed by atoms with Gasteiger partial charge >= 0.3 is 35.8 Å². The van der Waals surface area contributed by atoms with Gasteiger partial charge in [0.15, 0.2) is 11.5 Å². The molecule has 0 atom stereocenters. The van der Waals surface area contributed by atoms with Crippen molar-refractivity contribution >= 4 is 46.6 Å². The molecule has 272 valence electrons. The van der Waals surface area contributed by atoms with Crippen LogP contribution >= 0.6 is 0 Å². The second kappa shape index (κ2) is 17.8. The van der Waals surface area contributed by atoms with Gasteiger partial charge in [0.1, 0.15) is 26.4 Å². The predicted octanol–water partition coefficient (Wildman–Crippen LogP) is 4.59. The third kappa shape index (κ3) is 9.96. The number of carboxylic acid groups (broad SMARTS) is 2. The Hall–Kier alpha value is -5.66. The van der Waals surface area contributed by atoms with E-state index in [1.807, 2.05) is 42.5 Å². The van der Waals surface area contributed by atoms with Gasteiger partial charge in [-0.3, -0.25) is 28.8 Å². The zero-order valence-electron chi connectivity index (χ0n) is 28.4. The summed E-state index contributed by atoms with van der Waals surface area (Å²) in [7, 11) is 3.05. The lowest BCUT2D eigenvalue weighted by molar-refractivity contribution is -0.153. The highest BCUT2D eigenvalue weighted by Gasteiger charge is 2.44. The lowest BCUT2D eigenvalue weighted by atomic mass is 9.71. The van der Waals surface area contributed by atoms with Crippen LogP contribution in [0, 0.1) is 0 Å². The van der Waals surface area contributed by atoms with Crippen molar-refractivity contribution in [2.75, 3.05) is 40.6 Å². The summed E-state index contributed by atoms with van der Waals surface area (Å²) in [6.07, 6.45) is -1.06. The summed E-state index contributed by atoms with van der Waals surface area (Å²) < 4.78 is 31.9. The van der Waals surface area contributed by atoms with Crippen LogP contribution in [0.25, 0.3) is 21.9 Å². The number of carbonyl (C=O) groups is 6. The van der Waals surface area contributed by atoms with Gasteiger partial charge in [0, 0.05) is 18.3 Å². The van der Waals surface area contributed by atoms with E-state index in [0.717, 1.165) is 33.0 Å². The van der Waals surface area contributed by atoms with E-state index in [-0.39, 0.29) is 77.8 Å². The summed E-state index contributed by atoms with van der Waals surface area (Å²) in [5, 5.41) is 19.4. The van der Waals surface area contributed by atoms with E-state index in [4.69, 9.17) is 38.6 Å². The van der Waals surface area contributed by atoms with Gasteiger partial charge < -0.3 is 38.6 Å². The molecule has 0 unspecified atom stereocenters. The predicted molar refractivity (Wildman–Crippen MR) is 179 cm³/mol. The summed E-state index contributed by atoms with van der Waals surface area (Å²) in [6.45, 7) is -0.906. The van der Waals surface area contributed by atoms with Gasteiger partial charge in [-0.1, -0.05) is 24.3 Å². The first-order valence-electron chi connectivity index (χ1n) is 16.3. The molecular weight excluding hydrogens is 668 g/mol. The Labute approximate surface area is 293 Å². The number of hydrogen-bond donors (Lipinski definition) is 2. The number of esters is 4. The van der Waals surface area contributed by atoms with Gasteiger partial charge in [0.25, 0.3) is 0 Å². The van der Waals surface area contributed by atoms with Crippen molar-refractivity contribution < 1.29 is 67.4 Å². The fourth-order valence-corrected chi connectivity index (χ4v) is 6.13. The number of rotatable bonds is 20. The molecule has 0 aliphatic heterocycles. The van der Waals surface area contributed by atoms with E-state index in [0.29, 0.717) is 11.5 Å². The molecule has 0 bridgehead atoms. The number of aliphatic carboxylic acids is 2. The molecule has 0 radical (unpaired) electrons. The molecular formula is C37H40O14. The number of carboxylic acids is 2. The monoisotopic (exact) mass is 708 g/mol. The zero-order chi connectivity index (χ0) is 37.0. The maximum atomic E-state index is 13.1. The third-order valence-corrected chi connectivity index (χ3v) is 8.55. The normalized spacial score (nSPS) is 12.3. The minimum Gasteiger partial charge on any atom is -0.493 e. The third-order valence-electron chi connectivity index (χ3n) is 8.55. The average molecular weight is 709 g/mol. The zero-order valence-corrected chi connectivity index (χ0v) is 28.4. The lowest BCUT2D eigenvalue weighted by Gasteiger charge is -2.32. The quantitative estimate of drug-likeness (QED) is 0.0939. The number of fused-ring (bicyclic) bond motifs is 4. The molecule has 0 aromatic heterocycles. The molecule has 51 heavy (non-hydrogen) atoms. The second-order valence-corrected chi connectivity index (χ2v) is 11.7. The molecule has 1 aliphatic rings. The SMILES string of the molecule is COc1cc2c(cc1OC)C(CCC(=O)OCCOC(=O)CCC(=O)O)(CCC(=O)OCCOC(=O)CCC(=O)O)c1cc3ccccc3cc1-2. The summed E-state index contributed by atoms with van der Waals surface area (Å²) in [5.74, 6) is -3.87. The number of ether oxygens (including phenoxy) is 6. The van der Waals surface area contributed by atoms with Crippen LogP contribution in [0.2, 0.25) is 0 Å². The first-order chi connectivity index (χ1) is 24.5. The fourth-order valence-electron chi connectivity index (χ4n) is 6.13. The first-order valence-corrected chi connectivity index (χ1v) is 16.3. The number of methoxy groups -OCH3 is 2. The fraction of sp³-hybridized carbons (Fsp3) is 0.405. The largest absolute Gasteiger partial charge is 0.493 e. The number of hydrogen-bond acceptors (Lipinski definition) is 12. The Morgan fingerprint density at radius 2 is 0.922 bits per heavy atom. The molecule has 0 saturated carbocycles. The first kappa shape index (κ1) is 38.1. The standard InChI is InChI=1S/C37H40O14/c1-46-29-21-26-25-19-23-5-3-4-6-24(23)20-27(25)37(28(26)22-30(29)47-2,13-11-35(44)50-17-15-48-33(42)9-7-31(38)39)14-12-36(45)51-18-16-49-34(43)10-8-32(40)41/h3-6,19-22H,7-18H2,1-2H3,(H,38,39)(H,40,41). The molecule has 0 saturated heterocycles. The Morgan fingerprint density at radius 3 is 1.37 bits per heavy atom. The highest BCUT2D eigenvalue weighted by Crippen LogP contribution is 2.57. The smallest absolute Gasteiger partial charge is 0.306 e. The summed E-state index contributed by atoms with van der Waals surface area (Å²) >= 11 is 0. The molecule has 3 aromatic carbocycles. The van der Waals surface area contributed by atoms with E-state index in [9.17, 15) is 28.8 Å². The van der Waals surface area contributed by atoms with Crippen molar-refractivity contribution in [2.45, 2.75) is 56.8 Å². The Morgan fingerprint density at radius 1 is 0.529 bits per heavy atom. The molecule has 0 fully saturated rings. The molecule has 3 aromatic rings. The van der Waals surface area contributed by atoms with E-state index in [2.05, 4.69) is 6.07 Å². The second-order valence-electron chi connectivity index (χ2n) is 11.7. The molecule has 0 heterocycles. The van der Waals surface area contributed by atoms with Crippen molar-refractivity contribution in [1.29, 1.82) is 0 Å². The van der Waals surface area contributed by atoms with Crippen LogP contribution in [0.3, 0.4) is 0 Å². The highest BCUT2D eigenvalue weighted by atomic mass is 16.6. The average Bonchev–Trinajstić information content (AvgIpc) is 3.37. The highest BCUT2D eigenvalue weighted by molar-refractivity contribution is 5.94. The van der Waals surface area contributed by atoms with Crippen LogP contribution in [0.4, 0.5) is 0 Å². The van der Waals surface area contributed by atoms with Crippen LogP contribution in [0.5, 0.6) is 11.5 Å². The van der Waals surface area contributed by atoms with Crippen molar-refractivity contribution in [3.05, 3.63) is 59.7 Å². The number of carbonyl (C=O) groups excluding carboxylic acids is 4. The summed E-state index contributed by atoms with van der Waals surface area (Å²) in [5.41, 5.74) is 2.53. The van der Waals surface area contributed by atoms with Crippen molar-refractivity contribution in [3.63, 3.8) is 0 Å². The number of benzene rings is 3. The molecule has 4 rings (SSSR count). The summed E-state index contributed by atoms with van der Waals surface area (Å²) in [6, 6.07) is 15.7. The molecule has 1 aliphatic carbocycles. The van der Waals surface area contributed by atoms with Crippen molar-refractivity contribution in [3.8, 4) is 22.6 Å².